The Labute approximate surface area is 109 Å². The van der Waals surface area contributed by atoms with Crippen molar-refractivity contribution in [2.45, 2.75) is 13.5 Å². The van der Waals surface area contributed by atoms with Gasteiger partial charge in [0.25, 0.3) is 0 Å². The summed E-state index contributed by atoms with van der Waals surface area (Å²) in [6, 6.07) is 3.31. The van der Waals surface area contributed by atoms with Crippen LogP contribution in [0.15, 0.2) is 22.9 Å². The van der Waals surface area contributed by atoms with Crippen LogP contribution < -0.4 is 11.1 Å². The molecule has 0 bridgehead atoms. The molecule has 0 atom stereocenters. The minimum Gasteiger partial charge on any atom is -0.465 e. The lowest BCUT2D eigenvalue weighted by atomic mass is 10.2. The van der Waals surface area contributed by atoms with E-state index in [1.807, 2.05) is 0 Å². The van der Waals surface area contributed by atoms with Crippen LogP contribution in [0.4, 0.5) is 11.5 Å². The zero-order valence-electron chi connectivity index (χ0n) is 10.6. The molecule has 3 N–H and O–H groups in total. The molecule has 19 heavy (non-hydrogen) atoms. The van der Waals surface area contributed by atoms with E-state index in [0.29, 0.717) is 12.4 Å². The van der Waals surface area contributed by atoms with Gasteiger partial charge in [-0.15, -0.1) is 0 Å². The average molecular weight is 262 g/mol. The summed E-state index contributed by atoms with van der Waals surface area (Å²) in [5.74, 6) is 0.629. The molecule has 2 aromatic heterocycles. The maximum atomic E-state index is 11.5. The lowest BCUT2D eigenvalue weighted by Gasteiger charge is -2.09. The number of nitrogen functional groups attached to an aromatic ring is 1. The average Bonchev–Trinajstić information content (AvgIpc) is 2.82. The smallest absolute Gasteiger partial charge is 0.340 e. The number of aryl methyl sites for hydroxylation is 1. The Balaban J connectivity index is 2.14. The van der Waals surface area contributed by atoms with Crippen molar-refractivity contribution < 1.29 is 14.1 Å². The van der Waals surface area contributed by atoms with E-state index in [9.17, 15) is 4.79 Å². The first-order chi connectivity index (χ1) is 9.11. The van der Waals surface area contributed by atoms with Crippen LogP contribution in [0, 0.1) is 6.92 Å². The van der Waals surface area contributed by atoms with Gasteiger partial charge in [0, 0.05) is 12.3 Å². The zero-order valence-corrected chi connectivity index (χ0v) is 10.6. The molecule has 0 aliphatic rings. The Bertz CT molecular complexity index is 594. The molecule has 2 rings (SSSR count). The third-order valence-corrected chi connectivity index (χ3v) is 2.51. The summed E-state index contributed by atoms with van der Waals surface area (Å²) >= 11 is 0. The second-order valence-corrected chi connectivity index (χ2v) is 3.89. The molecule has 0 aliphatic carbocycles. The molecule has 7 heteroatoms. The normalized spacial score (nSPS) is 10.2. The van der Waals surface area contributed by atoms with Gasteiger partial charge in [-0.2, -0.15) is 0 Å². The molecule has 0 spiro atoms. The van der Waals surface area contributed by atoms with Crippen LogP contribution >= 0.6 is 0 Å². The van der Waals surface area contributed by atoms with Crippen molar-refractivity contribution in [1.29, 1.82) is 0 Å². The molecular weight excluding hydrogens is 248 g/mol. The summed E-state index contributed by atoms with van der Waals surface area (Å²) in [6.07, 6.45) is 1.49. The number of hydrogen-bond donors (Lipinski definition) is 2. The lowest BCUT2D eigenvalue weighted by Crippen LogP contribution is -2.10. The summed E-state index contributed by atoms with van der Waals surface area (Å²) in [4.78, 5) is 15.6. The van der Waals surface area contributed by atoms with Gasteiger partial charge >= 0.3 is 5.97 Å². The number of esters is 1. The fourth-order valence-electron chi connectivity index (χ4n) is 1.58. The highest BCUT2D eigenvalue weighted by atomic mass is 16.5. The monoisotopic (exact) mass is 262 g/mol. The molecule has 7 nitrogen and oxygen atoms in total. The van der Waals surface area contributed by atoms with E-state index in [1.165, 1.54) is 19.4 Å². The van der Waals surface area contributed by atoms with E-state index in [1.54, 1.807) is 13.0 Å². The molecule has 0 aromatic carbocycles. The predicted octanol–water partition coefficient (Wildman–Crippen LogP) is 1.36. The number of carbonyl (C=O) groups is 1. The molecule has 100 valence electrons. The molecule has 0 aliphatic heterocycles. The molecule has 0 saturated carbocycles. The minimum atomic E-state index is -0.500. The van der Waals surface area contributed by atoms with Crippen molar-refractivity contribution in [1.82, 2.24) is 10.1 Å². The van der Waals surface area contributed by atoms with Crippen molar-refractivity contribution in [3.8, 4) is 0 Å². The number of pyridine rings is 1. The number of rotatable bonds is 4. The first-order valence-corrected chi connectivity index (χ1v) is 5.60. The van der Waals surface area contributed by atoms with Crippen LogP contribution in [0.2, 0.25) is 0 Å². The van der Waals surface area contributed by atoms with E-state index >= 15 is 0 Å². The number of hydrogen-bond acceptors (Lipinski definition) is 7. The first-order valence-electron chi connectivity index (χ1n) is 5.60. The summed E-state index contributed by atoms with van der Waals surface area (Å²) in [5.41, 5.74) is 7.10. The Morgan fingerprint density at radius 1 is 1.58 bits per heavy atom. The molecule has 0 radical (unpaired) electrons. The number of anilines is 2. The number of nitrogens with zero attached hydrogens (tertiary/aromatic N) is 2. The number of carbonyl (C=O) groups excluding carboxylic acids is 1. The molecule has 0 unspecified atom stereocenters. The van der Waals surface area contributed by atoms with E-state index < -0.39 is 5.97 Å². The summed E-state index contributed by atoms with van der Waals surface area (Å²) in [6.45, 7) is 2.21. The highest BCUT2D eigenvalue weighted by molar-refractivity contribution is 5.97. The van der Waals surface area contributed by atoms with Gasteiger partial charge in [-0.3, -0.25) is 0 Å². The van der Waals surface area contributed by atoms with Gasteiger partial charge in [0.1, 0.15) is 17.3 Å². The van der Waals surface area contributed by atoms with Crippen LogP contribution in [0.1, 0.15) is 21.8 Å². The van der Waals surface area contributed by atoms with Crippen LogP contribution in [-0.4, -0.2) is 23.2 Å². The highest BCUT2D eigenvalue weighted by Crippen LogP contribution is 2.21. The number of ether oxygens (including phenoxy) is 1. The second-order valence-electron chi connectivity index (χ2n) is 3.89. The first kappa shape index (κ1) is 12.9. The number of aromatic nitrogens is 2. The van der Waals surface area contributed by atoms with Crippen molar-refractivity contribution in [2.24, 2.45) is 0 Å². The molecular formula is C12H14N4O3. The van der Waals surface area contributed by atoms with Crippen LogP contribution in [-0.2, 0) is 11.3 Å². The van der Waals surface area contributed by atoms with Crippen LogP contribution in [0.3, 0.4) is 0 Å². The fourth-order valence-corrected chi connectivity index (χ4v) is 1.58. The predicted molar refractivity (Wildman–Crippen MR) is 68.6 cm³/mol. The molecule has 2 aromatic rings. The van der Waals surface area contributed by atoms with Gasteiger partial charge in [0.2, 0.25) is 0 Å². The second kappa shape index (κ2) is 5.38. The number of nitrogens with one attached hydrogen (secondary N) is 1. The topological polar surface area (TPSA) is 103 Å². The van der Waals surface area contributed by atoms with E-state index in [-0.39, 0.29) is 11.3 Å². The SMILES string of the molecule is COC(=O)c1ccnc(NCc2cc(C)on2)c1N. The van der Waals surface area contributed by atoms with E-state index in [2.05, 4.69) is 20.2 Å². The molecule has 2 heterocycles. The van der Waals surface area contributed by atoms with Crippen molar-refractivity contribution in [2.75, 3.05) is 18.2 Å². The van der Waals surface area contributed by atoms with E-state index in [4.69, 9.17) is 10.3 Å². The largest absolute Gasteiger partial charge is 0.465 e. The number of nitrogens with two attached hydrogens (primary N) is 1. The maximum Gasteiger partial charge on any atom is 0.340 e. The maximum absolute atomic E-state index is 11.5. The number of methoxy groups -OCH3 is 1. The third-order valence-electron chi connectivity index (χ3n) is 2.51. The van der Waals surface area contributed by atoms with Gasteiger partial charge in [0.05, 0.1) is 24.9 Å². The Kier molecular flexibility index (Phi) is 3.65. The van der Waals surface area contributed by atoms with Crippen LogP contribution in [0.5, 0.6) is 0 Å². The Morgan fingerprint density at radius 2 is 2.37 bits per heavy atom. The highest BCUT2D eigenvalue weighted by Gasteiger charge is 2.13. The molecule has 0 saturated heterocycles. The van der Waals surface area contributed by atoms with Gasteiger partial charge in [-0.25, -0.2) is 9.78 Å². The summed E-state index contributed by atoms with van der Waals surface area (Å²) < 4.78 is 9.58. The molecule has 0 fully saturated rings. The van der Waals surface area contributed by atoms with Crippen molar-refractivity contribution >= 4 is 17.5 Å². The van der Waals surface area contributed by atoms with Crippen LogP contribution in [0.25, 0.3) is 0 Å². The summed E-state index contributed by atoms with van der Waals surface area (Å²) in [7, 11) is 1.30. The Hall–Kier alpha value is -2.57. The molecule has 0 amide bonds. The lowest BCUT2D eigenvalue weighted by molar-refractivity contribution is 0.0602. The van der Waals surface area contributed by atoms with Crippen molar-refractivity contribution in [3.05, 3.63) is 35.3 Å². The van der Waals surface area contributed by atoms with E-state index in [0.717, 1.165) is 11.5 Å². The Morgan fingerprint density at radius 3 is 3.00 bits per heavy atom. The van der Waals surface area contributed by atoms with Gasteiger partial charge in [-0.05, 0) is 13.0 Å². The van der Waals surface area contributed by atoms with Gasteiger partial charge in [-0.1, -0.05) is 5.16 Å². The quantitative estimate of drug-likeness (QED) is 0.801. The van der Waals surface area contributed by atoms with Gasteiger partial charge < -0.3 is 20.3 Å². The summed E-state index contributed by atoms with van der Waals surface area (Å²) in [5, 5.41) is 6.83. The van der Waals surface area contributed by atoms with Gasteiger partial charge in [0.15, 0.2) is 0 Å². The standard InChI is InChI=1S/C12H14N4O3/c1-7-5-8(16-19-7)6-15-11-10(13)9(3-4-14-11)12(17)18-2/h3-5H,6,13H2,1-2H3,(H,14,15). The zero-order chi connectivity index (χ0) is 13.8. The third kappa shape index (κ3) is 2.82. The van der Waals surface area contributed by atoms with Crippen molar-refractivity contribution in [3.63, 3.8) is 0 Å². The fraction of sp³-hybridized carbons (Fsp3) is 0.250. The minimum absolute atomic E-state index is 0.245.